The Labute approximate surface area is 275 Å². The predicted molar refractivity (Wildman–Crippen MR) is 195 cm³/mol. The number of fused-ring (bicyclic) bond motifs is 4. The Kier molecular flexibility index (Phi) is 6.61. The molecule has 0 N–H and O–H groups in total. The van der Waals surface area contributed by atoms with Gasteiger partial charge in [-0.2, -0.15) is 0 Å². The highest BCUT2D eigenvalue weighted by molar-refractivity contribution is 7.26. The SMILES string of the molecule is c1ccc(-c2nc(-c3ccc(-c4cccnc4)cc3)cc(-c3cccc(-c4c5ccccc5nc5c4sc4ccccc45)c3)n2)cc1. The van der Waals surface area contributed by atoms with Crippen molar-refractivity contribution in [1.82, 2.24) is 19.9 Å². The molecule has 0 aliphatic heterocycles. The average molecular weight is 619 g/mol. The lowest BCUT2D eigenvalue weighted by molar-refractivity contribution is 1.18. The number of aromatic nitrogens is 4. The number of thiophene rings is 1. The van der Waals surface area contributed by atoms with Crippen LogP contribution in [0.2, 0.25) is 0 Å². The zero-order valence-corrected chi connectivity index (χ0v) is 26.0. The molecule has 9 rings (SSSR count). The molecule has 0 unspecified atom stereocenters. The summed E-state index contributed by atoms with van der Waals surface area (Å²) in [6.45, 7) is 0. The van der Waals surface area contributed by atoms with Gasteiger partial charge in [-0.25, -0.2) is 15.0 Å². The van der Waals surface area contributed by atoms with E-state index >= 15 is 0 Å². The Balaban J connectivity index is 1.22. The van der Waals surface area contributed by atoms with Gasteiger partial charge in [-0.1, -0.05) is 115 Å². The number of para-hydroxylation sites is 1. The molecule has 4 nitrogen and oxygen atoms in total. The summed E-state index contributed by atoms with van der Waals surface area (Å²) in [5, 5.41) is 2.34. The minimum Gasteiger partial charge on any atom is -0.264 e. The van der Waals surface area contributed by atoms with Crippen LogP contribution in [0.15, 0.2) is 158 Å². The lowest BCUT2D eigenvalue weighted by Gasteiger charge is -2.12. The maximum Gasteiger partial charge on any atom is 0.160 e. The number of nitrogens with zero attached hydrogens (tertiary/aromatic N) is 4. The molecule has 0 amide bonds. The fourth-order valence-electron chi connectivity index (χ4n) is 6.28. The van der Waals surface area contributed by atoms with E-state index in [1.54, 1.807) is 17.5 Å². The second kappa shape index (κ2) is 11.4. The van der Waals surface area contributed by atoms with Gasteiger partial charge in [0.2, 0.25) is 0 Å². The van der Waals surface area contributed by atoms with Crippen molar-refractivity contribution < 1.29 is 0 Å². The number of hydrogen-bond acceptors (Lipinski definition) is 5. The van der Waals surface area contributed by atoms with Crippen LogP contribution in [0.1, 0.15) is 0 Å². The molecular weight excluding hydrogens is 593 g/mol. The molecule has 0 radical (unpaired) electrons. The topological polar surface area (TPSA) is 51.6 Å². The number of benzene rings is 5. The van der Waals surface area contributed by atoms with Crippen LogP contribution in [0.3, 0.4) is 0 Å². The van der Waals surface area contributed by atoms with E-state index in [0.717, 1.165) is 61.2 Å². The molecule has 0 saturated heterocycles. The van der Waals surface area contributed by atoms with Gasteiger partial charge in [0, 0.05) is 50.1 Å². The lowest BCUT2D eigenvalue weighted by Crippen LogP contribution is -1.96. The van der Waals surface area contributed by atoms with Gasteiger partial charge < -0.3 is 0 Å². The van der Waals surface area contributed by atoms with E-state index < -0.39 is 0 Å². The molecule has 0 saturated carbocycles. The minimum absolute atomic E-state index is 0.695. The van der Waals surface area contributed by atoms with Gasteiger partial charge in [0.05, 0.1) is 27.1 Å². The quantitative estimate of drug-likeness (QED) is 0.193. The third-order valence-corrected chi connectivity index (χ3v) is 9.76. The fourth-order valence-corrected chi connectivity index (χ4v) is 7.51. The molecule has 0 fully saturated rings. The molecule has 4 aromatic heterocycles. The molecular formula is C42H26N4S. The van der Waals surface area contributed by atoms with Crippen LogP contribution in [0, 0.1) is 0 Å². The van der Waals surface area contributed by atoms with Crippen molar-refractivity contribution in [2.24, 2.45) is 0 Å². The summed E-state index contributed by atoms with van der Waals surface area (Å²) in [5.41, 5.74) is 11.4. The van der Waals surface area contributed by atoms with Crippen molar-refractivity contribution in [2.45, 2.75) is 0 Å². The van der Waals surface area contributed by atoms with E-state index in [-0.39, 0.29) is 0 Å². The molecule has 4 heterocycles. The summed E-state index contributed by atoms with van der Waals surface area (Å²) in [5.74, 6) is 0.695. The van der Waals surface area contributed by atoms with E-state index in [1.807, 2.05) is 30.5 Å². The van der Waals surface area contributed by atoms with Crippen LogP contribution >= 0.6 is 11.3 Å². The van der Waals surface area contributed by atoms with E-state index in [9.17, 15) is 0 Å². The normalized spacial score (nSPS) is 11.4. The zero-order chi connectivity index (χ0) is 31.2. The summed E-state index contributed by atoms with van der Waals surface area (Å²) in [4.78, 5) is 19.6. The molecule has 5 aromatic carbocycles. The number of rotatable bonds is 5. The second-order valence-corrected chi connectivity index (χ2v) is 12.6. The van der Waals surface area contributed by atoms with Crippen LogP contribution in [-0.2, 0) is 0 Å². The highest BCUT2D eigenvalue weighted by atomic mass is 32.1. The molecule has 0 atom stereocenters. The first-order valence-electron chi connectivity index (χ1n) is 15.5. The molecule has 0 aliphatic rings. The Hall–Kier alpha value is -6.04. The standard InChI is InChI=1S/C42H26N4S/c1-2-10-29(11-3-1)42-45-36(28-21-19-27(20-22-28)32-14-9-23-43-26-32)25-37(46-42)30-12-8-13-31(24-30)39-33-15-4-6-17-35(33)44-40-34-16-5-7-18-38(34)47-41(39)40/h1-26H. The molecule has 0 aliphatic carbocycles. The summed E-state index contributed by atoms with van der Waals surface area (Å²) in [7, 11) is 0. The Morgan fingerprint density at radius 1 is 0.447 bits per heavy atom. The highest BCUT2D eigenvalue weighted by Gasteiger charge is 2.17. The van der Waals surface area contributed by atoms with Crippen molar-refractivity contribution in [2.75, 3.05) is 0 Å². The zero-order valence-electron chi connectivity index (χ0n) is 25.2. The van der Waals surface area contributed by atoms with Crippen molar-refractivity contribution in [3.63, 3.8) is 0 Å². The first kappa shape index (κ1) is 27.3. The molecule has 220 valence electrons. The van der Waals surface area contributed by atoms with Gasteiger partial charge in [0.1, 0.15) is 0 Å². The first-order chi connectivity index (χ1) is 23.3. The van der Waals surface area contributed by atoms with Crippen molar-refractivity contribution >= 4 is 42.5 Å². The average Bonchev–Trinajstić information content (AvgIpc) is 3.52. The van der Waals surface area contributed by atoms with E-state index in [2.05, 4.69) is 126 Å². The number of pyridine rings is 2. The monoisotopic (exact) mass is 618 g/mol. The molecule has 0 spiro atoms. The van der Waals surface area contributed by atoms with Gasteiger partial charge in [-0.05, 0) is 47.0 Å². The van der Waals surface area contributed by atoms with E-state index in [1.165, 1.54) is 20.3 Å². The van der Waals surface area contributed by atoms with Crippen LogP contribution in [0.5, 0.6) is 0 Å². The van der Waals surface area contributed by atoms with Gasteiger partial charge in [0.15, 0.2) is 5.82 Å². The van der Waals surface area contributed by atoms with Gasteiger partial charge in [-0.3, -0.25) is 4.98 Å². The predicted octanol–water partition coefficient (Wildman–Crippen LogP) is 11.1. The Bertz CT molecular complexity index is 2560. The minimum atomic E-state index is 0.695. The molecule has 5 heteroatoms. The summed E-state index contributed by atoms with van der Waals surface area (Å²) in [6.07, 6.45) is 3.68. The lowest BCUT2D eigenvalue weighted by atomic mass is 9.97. The van der Waals surface area contributed by atoms with Crippen molar-refractivity contribution in [1.29, 1.82) is 0 Å². The van der Waals surface area contributed by atoms with Crippen LogP contribution in [0.4, 0.5) is 0 Å². The Morgan fingerprint density at radius 3 is 1.96 bits per heavy atom. The molecule has 9 aromatic rings. The maximum atomic E-state index is 5.13. The van der Waals surface area contributed by atoms with Crippen molar-refractivity contribution in [3.05, 3.63) is 158 Å². The fraction of sp³-hybridized carbons (Fsp3) is 0. The van der Waals surface area contributed by atoms with Crippen LogP contribution in [0.25, 0.3) is 87.4 Å². The Morgan fingerprint density at radius 2 is 1.13 bits per heavy atom. The van der Waals surface area contributed by atoms with Crippen molar-refractivity contribution in [3.8, 4) is 56.2 Å². The summed E-state index contributed by atoms with van der Waals surface area (Å²) in [6, 6.07) is 50.6. The third kappa shape index (κ3) is 4.94. The number of hydrogen-bond donors (Lipinski definition) is 0. The van der Waals surface area contributed by atoms with Gasteiger partial charge >= 0.3 is 0 Å². The van der Waals surface area contributed by atoms with Crippen LogP contribution in [-0.4, -0.2) is 19.9 Å². The summed E-state index contributed by atoms with van der Waals surface area (Å²) < 4.78 is 2.44. The van der Waals surface area contributed by atoms with Gasteiger partial charge in [-0.15, -0.1) is 11.3 Å². The highest BCUT2D eigenvalue weighted by Crippen LogP contribution is 2.43. The maximum absolute atomic E-state index is 5.13. The van der Waals surface area contributed by atoms with Gasteiger partial charge in [0.25, 0.3) is 0 Å². The van der Waals surface area contributed by atoms with Crippen LogP contribution < -0.4 is 0 Å². The third-order valence-electron chi connectivity index (χ3n) is 8.58. The molecule has 47 heavy (non-hydrogen) atoms. The second-order valence-electron chi connectivity index (χ2n) is 11.5. The largest absolute Gasteiger partial charge is 0.264 e. The van der Waals surface area contributed by atoms with E-state index in [4.69, 9.17) is 15.0 Å². The smallest absolute Gasteiger partial charge is 0.160 e. The van der Waals surface area contributed by atoms with E-state index in [0.29, 0.717) is 5.82 Å². The molecule has 0 bridgehead atoms. The first-order valence-corrected chi connectivity index (χ1v) is 16.4. The summed E-state index contributed by atoms with van der Waals surface area (Å²) >= 11 is 1.81.